The summed E-state index contributed by atoms with van der Waals surface area (Å²) < 4.78 is 5.33. The molecule has 86 valence electrons. The van der Waals surface area contributed by atoms with Crippen molar-refractivity contribution in [3.63, 3.8) is 0 Å². The normalized spacial score (nSPS) is 14.4. The maximum atomic E-state index is 5.33. The fourth-order valence-electron chi connectivity index (χ4n) is 1.09. The van der Waals surface area contributed by atoms with Crippen molar-refractivity contribution in [2.75, 3.05) is 0 Å². The van der Waals surface area contributed by atoms with E-state index in [1.54, 1.807) is 6.20 Å². The molecule has 0 aromatic rings. The molecule has 2 nitrogen and oxygen atoms in total. The Hall–Kier alpha value is -1.02. The summed E-state index contributed by atoms with van der Waals surface area (Å²) in [6.45, 7) is 14.2. The molecule has 3 N–H and O–H groups in total. The van der Waals surface area contributed by atoms with Gasteiger partial charge in [0.2, 0.25) is 0 Å². The van der Waals surface area contributed by atoms with E-state index in [0.29, 0.717) is 0 Å². The predicted molar refractivity (Wildman–Crippen MR) is 64.6 cm³/mol. The van der Waals surface area contributed by atoms with Gasteiger partial charge in [0, 0.05) is 5.41 Å². The summed E-state index contributed by atoms with van der Waals surface area (Å²) in [5, 5.41) is 0. The van der Waals surface area contributed by atoms with E-state index < -0.39 is 0 Å². The molecule has 0 aromatic carbocycles. The smallest absolute Gasteiger partial charge is 0.165 e. The highest BCUT2D eigenvalue weighted by Gasteiger charge is 2.23. The number of hydrogen-bond donors (Lipinski definition) is 1. The third-order valence-corrected chi connectivity index (χ3v) is 2.03. The lowest BCUT2D eigenvalue weighted by Crippen LogP contribution is -2.41. The van der Waals surface area contributed by atoms with Gasteiger partial charge in [0.1, 0.15) is 6.20 Å². The Morgan fingerprint density at radius 2 is 1.67 bits per heavy atom. The highest BCUT2D eigenvalue weighted by molar-refractivity contribution is 5.14. The molecule has 0 aliphatic carbocycles. The number of allylic oxidation sites excluding steroid dienone is 2. The number of ether oxygens (including phenoxy) is 1. The molecule has 0 heterocycles. The zero-order valence-corrected chi connectivity index (χ0v) is 10.6. The molecule has 15 heavy (non-hydrogen) atoms. The van der Waals surface area contributed by atoms with Crippen molar-refractivity contribution in [2.45, 2.75) is 34.6 Å². The Labute approximate surface area is 93.5 Å². The molecule has 0 amide bonds. The van der Waals surface area contributed by atoms with Crippen LogP contribution in [0.4, 0.5) is 0 Å². The second kappa shape index (κ2) is 5.17. The maximum Gasteiger partial charge on any atom is 0.165 e. The topological polar surface area (TPSA) is 36.9 Å². The minimum atomic E-state index is -0.150. The van der Waals surface area contributed by atoms with Crippen molar-refractivity contribution in [3.05, 3.63) is 37.0 Å². The standard InChI is InChI=1S/C13H23NO/c1-7-15-11(10-14)13(5,6)9-8-12(2,3)4/h7-10H,1,14H2,2-6H3/p+1. The SMILES string of the molecule is C=COC(=C[NH3+])C(C)(C)C=CC(C)(C)C. The second-order valence-electron chi connectivity index (χ2n) is 5.27. The van der Waals surface area contributed by atoms with Crippen LogP contribution >= 0.6 is 0 Å². The molecule has 0 bridgehead atoms. The van der Waals surface area contributed by atoms with E-state index >= 15 is 0 Å². The summed E-state index contributed by atoms with van der Waals surface area (Å²) in [5.74, 6) is 0.818. The van der Waals surface area contributed by atoms with Crippen LogP contribution in [0.15, 0.2) is 37.0 Å². The lowest BCUT2D eigenvalue weighted by atomic mass is 9.86. The third kappa shape index (κ3) is 5.43. The number of hydrogen-bond acceptors (Lipinski definition) is 1. The van der Waals surface area contributed by atoms with Crippen LogP contribution in [0.25, 0.3) is 0 Å². The zero-order valence-electron chi connectivity index (χ0n) is 10.6. The van der Waals surface area contributed by atoms with Gasteiger partial charge in [-0.1, -0.05) is 39.5 Å². The van der Waals surface area contributed by atoms with Crippen molar-refractivity contribution in [2.24, 2.45) is 10.8 Å². The predicted octanol–water partition coefficient (Wildman–Crippen LogP) is 2.86. The fourth-order valence-corrected chi connectivity index (χ4v) is 1.09. The Kier molecular flexibility index (Phi) is 4.82. The average Bonchev–Trinajstić information content (AvgIpc) is 2.10. The average molecular weight is 210 g/mol. The van der Waals surface area contributed by atoms with Gasteiger partial charge in [0.05, 0.1) is 6.26 Å². The van der Waals surface area contributed by atoms with E-state index in [0.717, 1.165) is 5.76 Å². The van der Waals surface area contributed by atoms with Gasteiger partial charge in [-0.05, 0) is 19.3 Å². The van der Waals surface area contributed by atoms with Crippen molar-refractivity contribution in [3.8, 4) is 0 Å². The Morgan fingerprint density at radius 3 is 2.00 bits per heavy atom. The van der Waals surface area contributed by atoms with Gasteiger partial charge in [-0.3, -0.25) is 0 Å². The van der Waals surface area contributed by atoms with Crippen LogP contribution < -0.4 is 5.73 Å². The zero-order chi connectivity index (χ0) is 12.1. The van der Waals surface area contributed by atoms with Crippen LogP contribution in [0.2, 0.25) is 0 Å². The van der Waals surface area contributed by atoms with Crippen LogP contribution in [0, 0.1) is 10.8 Å². The summed E-state index contributed by atoms with van der Waals surface area (Å²) in [4.78, 5) is 0. The molecular formula is C13H24NO+. The molecule has 0 unspecified atom stereocenters. The van der Waals surface area contributed by atoms with Gasteiger partial charge in [0.25, 0.3) is 0 Å². The Balaban J connectivity index is 4.81. The highest BCUT2D eigenvalue weighted by Crippen LogP contribution is 2.30. The summed E-state index contributed by atoms with van der Waals surface area (Å²) in [6, 6.07) is 0. The van der Waals surface area contributed by atoms with E-state index in [2.05, 4.69) is 59.1 Å². The molecule has 0 aliphatic rings. The van der Waals surface area contributed by atoms with Crippen molar-refractivity contribution in [1.29, 1.82) is 0 Å². The minimum Gasteiger partial charge on any atom is -0.464 e. The molecule has 0 radical (unpaired) electrons. The molecule has 0 spiro atoms. The second-order valence-corrected chi connectivity index (χ2v) is 5.27. The van der Waals surface area contributed by atoms with Gasteiger partial charge < -0.3 is 10.5 Å². The van der Waals surface area contributed by atoms with Gasteiger partial charge in [-0.15, -0.1) is 0 Å². The molecule has 2 heteroatoms. The van der Waals surface area contributed by atoms with Gasteiger partial charge in [-0.2, -0.15) is 0 Å². The van der Waals surface area contributed by atoms with E-state index in [1.807, 2.05) is 0 Å². The first-order valence-electron chi connectivity index (χ1n) is 5.21. The molecular weight excluding hydrogens is 186 g/mol. The molecule has 0 saturated heterocycles. The van der Waals surface area contributed by atoms with Gasteiger partial charge in [-0.25, -0.2) is 0 Å². The molecule has 0 rings (SSSR count). The summed E-state index contributed by atoms with van der Waals surface area (Å²) in [5.41, 5.74) is 3.78. The molecule has 0 aromatic heterocycles. The number of rotatable bonds is 4. The summed E-state index contributed by atoms with van der Waals surface area (Å²) >= 11 is 0. The third-order valence-electron chi connectivity index (χ3n) is 2.03. The fraction of sp³-hybridized carbons (Fsp3) is 0.538. The van der Waals surface area contributed by atoms with Gasteiger partial charge >= 0.3 is 0 Å². The molecule has 0 atom stereocenters. The highest BCUT2D eigenvalue weighted by atomic mass is 16.5. The van der Waals surface area contributed by atoms with Crippen LogP contribution in [0.3, 0.4) is 0 Å². The monoisotopic (exact) mass is 210 g/mol. The van der Waals surface area contributed by atoms with Crippen molar-refractivity contribution < 1.29 is 10.5 Å². The molecule has 0 aliphatic heterocycles. The minimum absolute atomic E-state index is 0.150. The van der Waals surface area contributed by atoms with Crippen molar-refractivity contribution >= 4 is 0 Å². The largest absolute Gasteiger partial charge is 0.464 e. The van der Waals surface area contributed by atoms with Crippen molar-refractivity contribution in [1.82, 2.24) is 0 Å². The number of quaternary nitrogens is 1. The Morgan fingerprint density at radius 1 is 1.13 bits per heavy atom. The lowest BCUT2D eigenvalue weighted by molar-refractivity contribution is -0.280. The first-order chi connectivity index (χ1) is 6.73. The molecule has 0 fully saturated rings. The quantitative estimate of drug-likeness (QED) is 0.562. The van der Waals surface area contributed by atoms with Crippen LogP contribution in [-0.4, -0.2) is 0 Å². The molecule has 0 saturated carbocycles. The Bertz CT molecular complexity index is 267. The summed E-state index contributed by atoms with van der Waals surface area (Å²) in [7, 11) is 0. The van der Waals surface area contributed by atoms with Gasteiger partial charge in [0.15, 0.2) is 5.76 Å². The van der Waals surface area contributed by atoms with E-state index in [9.17, 15) is 0 Å². The summed E-state index contributed by atoms with van der Waals surface area (Å²) in [6.07, 6.45) is 7.49. The van der Waals surface area contributed by atoms with E-state index in [-0.39, 0.29) is 10.8 Å². The first kappa shape index (κ1) is 14.0. The first-order valence-corrected chi connectivity index (χ1v) is 5.21. The van der Waals surface area contributed by atoms with E-state index in [1.165, 1.54) is 6.26 Å². The van der Waals surface area contributed by atoms with Crippen LogP contribution in [0.5, 0.6) is 0 Å². The van der Waals surface area contributed by atoms with E-state index in [4.69, 9.17) is 4.74 Å². The van der Waals surface area contributed by atoms with Crippen LogP contribution in [-0.2, 0) is 4.74 Å². The van der Waals surface area contributed by atoms with Crippen LogP contribution in [0.1, 0.15) is 34.6 Å². The maximum absolute atomic E-state index is 5.33. The lowest BCUT2D eigenvalue weighted by Gasteiger charge is -2.23.